The molecule has 0 aromatic heterocycles. The molecule has 2 aromatic carbocycles. The summed E-state index contributed by atoms with van der Waals surface area (Å²) in [6.45, 7) is 1.82. The first-order valence-corrected chi connectivity index (χ1v) is 6.79. The Balaban J connectivity index is 2.32. The van der Waals surface area contributed by atoms with E-state index in [-0.39, 0.29) is 18.1 Å². The van der Waals surface area contributed by atoms with Gasteiger partial charge in [-0.05, 0) is 6.92 Å². The minimum atomic E-state index is -0.947. The highest BCUT2D eigenvalue weighted by molar-refractivity contribution is 6.51. The van der Waals surface area contributed by atoms with Crippen LogP contribution in [-0.4, -0.2) is 24.3 Å². The topological polar surface area (TPSA) is 65.0 Å². The highest BCUT2D eigenvalue weighted by atomic mass is 16.8. The first kappa shape index (κ1) is 15.4. The molecule has 0 saturated heterocycles. The molecule has 0 bridgehead atoms. The minimum Gasteiger partial charge on any atom is -0.433 e. The van der Waals surface area contributed by atoms with Crippen LogP contribution in [0, 0.1) is 0 Å². The van der Waals surface area contributed by atoms with Crippen molar-refractivity contribution in [1.82, 2.24) is 0 Å². The Labute approximate surface area is 128 Å². The average molecular weight is 297 g/mol. The van der Waals surface area contributed by atoms with Crippen molar-refractivity contribution < 1.29 is 19.2 Å². The van der Waals surface area contributed by atoms with Crippen LogP contribution in [0.15, 0.2) is 65.8 Å². The number of benzene rings is 2. The van der Waals surface area contributed by atoms with E-state index in [9.17, 15) is 9.59 Å². The number of hydrogen-bond acceptors (Lipinski definition) is 5. The smallest absolute Gasteiger partial charge is 0.433 e. The van der Waals surface area contributed by atoms with Crippen LogP contribution in [0.3, 0.4) is 0 Å². The van der Waals surface area contributed by atoms with E-state index in [1.807, 2.05) is 12.1 Å². The molecule has 0 aliphatic rings. The fourth-order valence-corrected chi connectivity index (χ4v) is 1.77. The molecule has 0 unspecified atom stereocenters. The van der Waals surface area contributed by atoms with Crippen LogP contribution in [0.5, 0.6) is 0 Å². The molecule has 0 aliphatic carbocycles. The maximum atomic E-state index is 12.6. The average Bonchev–Trinajstić information content (AvgIpc) is 2.57. The van der Waals surface area contributed by atoms with E-state index < -0.39 is 6.16 Å². The van der Waals surface area contributed by atoms with Gasteiger partial charge in [-0.25, -0.2) is 4.79 Å². The summed E-state index contributed by atoms with van der Waals surface area (Å²) in [5, 5.41) is 3.68. The van der Waals surface area contributed by atoms with E-state index in [2.05, 4.69) is 14.7 Å². The number of nitrogens with zero attached hydrogens (tertiary/aromatic N) is 1. The molecule has 5 heteroatoms. The number of rotatable bonds is 5. The lowest BCUT2D eigenvalue weighted by molar-refractivity contribution is 0.0612. The Morgan fingerprint density at radius 2 is 1.45 bits per heavy atom. The SMILES string of the molecule is CCOC(=O)O/N=C(\C(=O)c1ccccc1)c1ccccc1. The molecule has 0 amide bonds. The first-order valence-electron chi connectivity index (χ1n) is 6.79. The van der Waals surface area contributed by atoms with Gasteiger partial charge in [-0.15, -0.1) is 0 Å². The second-order valence-corrected chi connectivity index (χ2v) is 4.28. The molecule has 2 aromatic rings. The van der Waals surface area contributed by atoms with Gasteiger partial charge in [0, 0.05) is 11.1 Å². The van der Waals surface area contributed by atoms with E-state index in [1.54, 1.807) is 55.5 Å². The number of Topliss-reactive ketones (excluding diaryl/α,β-unsaturated/α-hetero) is 1. The third-order valence-corrected chi connectivity index (χ3v) is 2.77. The molecule has 0 N–H and O–H groups in total. The molecule has 0 atom stereocenters. The van der Waals surface area contributed by atoms with Gasteiger partial charge in [-0.2, -0.15) is 0 Å². The lowest BCUT2D eigenvalue weighted by Crippen LogP contribution is -2.17. The number of carbonyl (C=O) groups excluding carboxylic acids is 2. The molecule has 0 aliphatic heterocycles. The third kappa shape index (κ3) is 4.02. The number of ether oxygens (including phenoxy) is 1. The summed E-state index contributed by atoms with van der Waals surface area (Å²) in [4.78, 5) is 28.5. The summed E-state index contributed by atoms with van der Waals surface area (Å²) < 4.78 is 4.63. The van der Waals surface area contributed by atoms with Crippen molar-refractivity contribution in [2.24, 2.45) is 5.16 Å². The standard InChI is InChI=1S/C17H15NO4/c1-2-21-17(20)22-18-15(13-9-5-3-6-10-13)16(19)14-11-7-4-8-12-14/h3-12H,2H2,1H3/b18-15-. The Hall–Kier alpha value is -2.95. The quantitative estimate of drug-likeness (QED) is 0.279. The predicted octanol–water partition coefficient (Wildman–Crippen LogP) is 3.45. The van der Waals surface area contributed by atoms with E-state index >= 15 is 0 Å². The van der Waals surface area contributed by atoms with Gasteiger partial charge in [-0.1, -0.05) is 65.8 Å². The molecule has 0 spiro atoms. The maximum Gasteiger partial charge on any atom is 0.535 e. The fraction of sp³-hybridized carbons (Fsp3) is 0.118. The zero-order valence-electron chi connectivity index (χ0n) is 12.1. The van der Waals surface area contributed by atoms with Gasteiger partial charge in [0.25, 0.3) is 0 Å². The minimum absolute atomic E-state index is 0.0415. The fourth-order valence-electron chi connectivity index (χ4n) is 1.77. The van der Waals surface area contributed by atoms with Gasteiger partial charge in [0.05, 0.1) is 6.61 Å². The molecule has 112 valence electrons. The summed E-state index contributed by atoms with van der Waals surface area (Å²) in [7, 11) is 0. The van der Waals surface area contributed by atoms with E-state index in [1.165, 1.54) is 0 Å². The van der Waals surface area contributed by atoms with Crippen molar-refractivity contribution in [3.05, 3.63) is 71.8 Å². The van der Waals surface area contributed by atoms with Crippen LogP contribution >= 0.6 is 0 Å². The molecule has 5 nitrogen and oxygen atoms in total. The summed E-state index contributed by atoms with van der Waals surface area (Å²) in [6.07, 6.45) is -0.947. The molecule has 2 rings (SSSR count). The van der Waals surface area contributed by atoms with Gasteiger partial charge in [0.15, 0.2) is 5.71 Å². The van der Waals surface area contributed by atoms with Crippen LogP contribution in [0.1, 0.15) is 22.8 Å². The zero-order valence-corrected chi connectivity index (χ0v) is 12.1. The van der Waals surface area contributed by atoms with Gasteiger partial charge >= 0.3 is 6.16 Å². The molecule has 0 fully saturated rings. The molecule has 0 heterocycles. The summed E-state index contributed by atoms with van der Waals surface area (Å²) >= 11 is 0. The van der Waals surface area contributed by atoms with Crippen LogP contribution in [0.25, 0.3) is 0 Å². The van der Waals surface area contributed by atoms with Crippen molar-refractivity contribution >= 4 is 17.7 Å². The number of ketones is 1. The Morgan fingerprint density at radius 3 is 2.00 bits per heavy atom. The number of oxime groups is 1. The van der Waals surface area contributed by atoms with Crippen molar-refractivity contribution in [1.29, 1.82) is 0 Å². The Bertz CT molecular complexity index is 666. The molecule has 22 heavy (non-hydrogen) atoms. The van der Waals surface area contributed by atoms with Crippen molar-refractivity contribution in [2.45, 2.75) is 6.92 Å². The number of hydrogen-bond donors (Lipinski definition) is 0. The van der Waals surface area contributed by atoms with Gasteiger partial charge in [-0.3, -0.25) is 9.63 Å². The highest BCUT2D eigenvalue weighted by Gasteiger charge is 2.18. The van der Waals surface area contributed by atoms with Gasteiger partial charge < -0.3 is 4.74 Å². The second-order valence-electron chi connectivity index (χ2n) is 4.28. The zero-order chi connectivity index (χ0) is 15.8. The summed E-state index contributed by atoms with van der Waals surface area (Å²) in [5.41, 5.74) is 1.05. The maximum absolute atomic E-state index is 12.6. The Kier molecular flexibility index (Phi) is 5.43. The Morgan fingerprint density at radius 1 is 0.909 bits per heavy atom. The third-order valence-electron chi connectivity index (χ3n) is 2.77. The largest absolute Gasteiger partial charge is 0.535 e. The molecule has 0 saturated carbocycles. The van der Waals surface area contributed by atoms with Crippen LogP contribution in [0.4, 0.5) is 4.79 Å². The van der Waals surface area contributed by atoms with E-state index in [0.717, 1.165) is 0 Å². The van der Waals surface area contributed by atoms with E-state index in [0.29, 0.717) is 11.1 Å². The van der Waals surface area contributed by atoms with Gasteiger partial charge in [0.1, 0.15) is 0 Å². The van der Waals surface area contributed by atoms with Crippen LogP contribution in [0.2, 0.25) is 0 Å². The summed E-state index contributed by atoms with van der Waals surface area (Å²) in [6, 6.07) is 17.5. The second kappa shape index (κ2) is 7.73. The highest BCUT2D eigenvalue weighted by Crippen LogP contribution is 2.09. The predicted molar refractivity (Wildman–Crippen MR) is 81.9 cm³/mol. The van der Waals surface area contributed by atoms with Gasteiger partial charge in [0.2, 0.25) is 5.78 Å². The summed E-state index contributed by atoms with van der Waals surface area (Å²) in [5.74, 6) is -0.337. The van der Waals surface area contributed by atoms with Crippen molar-refractivity contribution in [3.63, 3.8) is 0 Å². The van der Waals surface area contributed by atoms with Crippen LogP contribution in [-0.2, 0) is 9.57 Å². The lowest BCUT2D eigenvalue weighted by Gasteiger charge is -2.05. The molecule has 0 radical (unpaired) electrons. The van der Waals surface area contributed by atoms with Crippen molar-refractivity contribution in [2.75, 3.05) is 6.61 Å². The first-order chi connectivity index (χ1) is 10.7. The molecular formula is C17H15NO4. The van der Waals surface area contributed by atoms with E-state index in [4.69, 9.17) is 0 Å². The normalized spacial score (nSPS) is 10.9. The molecular weight excluding hydrogens is 282 g/mol. The van der Waals surface area contributed by atoms with Crippen LogP contribution < -0.4 is 0 Å². The van der Waals surface area contributed by atoms with Crippen molar-refractivity contribution in [3.8, 4) is 0 Å². The monoisotopic (exact) mass is 297 g/mol. The lowest BCUT2D eigenvalue weighted by atomic mass is 10.0. The number of carbonyl (C=O) groups is 2.